The maximum Gasteiger partial charge on any atom is 0.247 e. The van der Waals surface area contributed by atoms with Crippen LogP contribution in [0.1, 0.15) is 22.7 Å². The fourth-order valence-corrected chi connectivity index (χ4v) is 3.84. The summed E-state index contributed by atoms with van der Waals surface area (Å²) in [6.07, 6.45) is 1.01. The molecule has 35 heavy (non-hydrogen) atoms. The normalized spacial score (nSPS) is 12.2. The van der Waals surface area contributed by atoms with Crippen molar-refractivity contribution in [3.8, 4) is 0 Å². The molecule has 0 heterocycles. The number of nitrogens with one attached hydrogen (secondary N) is 1. The molecule has 0 unspecified atom stereocenters. The van der Waals surface area contributed by atoms with Crippen LogP contribution in [0.5, 0.6) is 0 Å². The van der Waals surface area contributed by atoms with E-state index in [1.54, 1.807) is 30.3 Å². The van der Waals surface area contributed by atoms with Crippen LogP contribution < -0.4 is 5.32 Å². The summed E-state index contributed by atoms with van der Waals surface area (Å²) in [5.74, 6) is -1.41. The van der Waals surface area contributed by atoms with Gasteiger partial charge in [0.05, 0.1) is 12.8 Å². The number of halogens is 1. The minimum absolute atomic E-state index is 0.0188. The van der Waals surface area contributed by atoms with Crippen LogP contribution in [0.2, 0.25) is 0 Å². The molecule has 0 aliphatic rings. The predicted octanol–water partition coefficient (Wildman–Crippen LogP) is 3.10. The van der Waals surface area contributed by atoms with Gasteiger partial charge >= 0.3 is 0 Å². The van der Waals surface area contributed by atoms with E-state index in [9.17, 15) is 22.4 Å². The van der Waals surface area contributed by atoms with E-state index < -0.39 is 40.2 Å². The van der Waals surface area contributed by atoms with Gasteiger partial charge in [-0.15, -0.1) is 0 Å². The molecule has 2 amide bonds. The highest BCUT2D eigenvalue weighted by Crippen LogP contribution is 2.24. The molecule has 0 fully saturated rings. The second kappa shape index (κ2) is 11.7. The number of benzene rings is 3. The van der Waals surface area contributed by atoms with Gasteiger partial charge in [0.15, 0.2) is 0 Å². The highest BCUT2D eigenvalue weighted by atomic mass is 32.2. The minimum atomic E-state index is -3.63. The number of hydrogen-bond acceptors (Lipinski definition) is 4. The van der Waals surface area contributed by atoms with Gasteiger partial charge in [0.25, 0.3) is 0 Å². The lowest BCUT2D eigenvalue weighted by molar-refractivity contribution is -0.141. The van der Waals surface area contributed by atoms with Crippen LogP contribution in [0.3, 0.4) is 0 Å². The first kappa shape index (κ1) is 26.1. The lowest BCUT2D eigenvalue weighted by Gasteiger charge is -2.32. The Kier molecular flexibility index (Phi) is 8.73. The molecule has 0 aliphatic carbocycles. The number of carbonyl (C=O) groups is 2. The monoisotopic (exact) mass is 497 g/mol. The summed E-state index contributed by atoms with van der Waals surface area (Å²) in [4.78, 5) is 28.2. The molecule has 0 spiro atoms. The Hall–Kier alpha value is -3.56. The van der Waals surface area contributed by atoms with Crippen molar-refractivity contribution in [2.45, 2.75) is 19.1 Å². The smallest absolute Gasteiger partial charge is 0.247 e. The summed E-state index contributed by atoms with van der Waals surface area (Å²) in [6.45, 7) is -0.213. The number of amides is 2. The molecule has 0 radical (unpaired) electrons. The van der Waals surface area contributed by atoms with Crippen molar-refractivity contribution in [2.75, 3.05) is 19.8 Å². The number of rotatable bonds is 10. The van der Waals surface area contributed by atoms with Gasteiger partial charge in [-0.3, -0.25) is 9.59 Å². The molecular weight excluding hydrogens is 469 g/mol. The van der Waals surface area contributed by atoms with E-state index in [1.165, 1.54) is 36.2 Å². The predicted molar refractivity (Wildman–Crippen MR) is 132 cm³/mol. The van der Waals surface area contributed by atoms with E-state index in [4.69, 9.17) is 0 Å². The summed E-state index contributed by atoms with van der Waals surface area (Å²) in [5.41, 5.74) is 2.05. The topological polar surface area (TPSA) is 86.8 Å². The summed E-state index contributed by atoms with van der Waals surface area (Å²) < 4.78 is 38.3. The molecular formula is C26H28FN3O4S. The van der Waals surface area contributed by atoms with Crippen LogP contribution in [-0.4, -0.2) is 49.3 Å². The summed E-state index contributed by atoms with van der Waals surface area (Å²) in [6, 6.07) is 22.7. The minimum Gasteiger partial charge on any atom is -0.350 e. The average molecular weight is 498 g/mol. The van der Waals surface area contributed by atoms with E-state index in [2.05, 4.69) is 5.32 Å². The third-order valence-electron chi connectivity index (χ3n) is 5.50. The first-order valence-corrected chi connectivity index (χ1v) is 12.8. The summed E-state index contributed by atoms with van der Waals surface area (Å²) in [7, 11) is -2.33. The molecule has 0 aromatic heterocycles. The lowest BCUT2D eigenvalue weighted by atomic mass is 10.0. The van der Waals surface area contributed by atoms with Crippen molar-refractivity contribution in [1.82, 2.24) is 14.5 Å². The summed E-state index contributed by atoms with van der Waals surface area (Å²) >= 11 is 0. The number of carbonyl (C=O) groups excluding carboxylic acids is 2. The van der Waals surface area contributed by atoms with E-state index in [0.717, 1.165) is 16.1 Å². The molecule has 0 aliphatic heterocycles. The molecule has 0 bridgehead atoms. The maximum absolute atomic E-state index is 13.5. The van der Waals surface area contributed by atoms with Crippen molar-refractivity contribution < 1.29 is 22.4 Å². The van der Waals surface area contributed by atoms with Crippen molar-refractivity contribution in [3.05, 3.63) is 107 Å². The number of hydrogen-bond donors (Lipinski definition) is 1. The third kappa shape index (κ3) is 7.46. The molecule has 3 aromatic rings. The lowest BCUT2D eigenvalue weighted by Crippen LogP contribution is -2.47. The van der Waals surface area contributed by atoms with Crippen molar-refractivity contribution in [2.24, 2.45) is 0 Å². The molecule has 9 heteroatoms. The molecule has 1 N–H and O–H groups in total. The van der Waals surface area contributed by atoms with Crippen LogP contribution in [0.25, 0.3) is 0 Å². The second-order valence-electron chi connectivity index (χ2n) is 8.18. The molecule has 0 saturated heterocycles. The van der Waals surface area contributed by atoms with Gasteiger partial charge < -0.3 is 10.2 Å². The first-order chi connectivity index (χ1) is 16.6. The van der Waals surface area contributed by atoms with Crippen molar-refractivity contribution >= 4 is 21.8 Å². The van der Waals surface area contributed by atoms with Gasteiger partial charge in [-0.25, -0.2) is 12.8 Å². The Morgan fingerprint density at radius 2 is 1.46 bits per heavy atom. The van der Waals surface area contributed by atoms with Gasteiger partial charge in [0, 0.05) is 20.1 Å². The number of likely N-dealkylation sites (N-methyl/N-ethyl adjacent to an activating group) is 1. The Morgan fingerprint density at radius 3 is 2.03 bits per heavy atom. The Morgan fingerprint density at radius 1 is 0.886 bits per heavy atom. The van der Waals surface area contributed by atoms with Crippen LogP contribution in [0.4, 0.5) is 4.39 Å². The SMILES string of the molecule is CN(CC(=O)N(Cc1ccc(F)cc1)[C@H](C(=O)NCc1ccccc1)c1ccccc1)S(C)(=O)=O. The van der Waals surface area contributed by atoms with Crippen LogP contribution in [0, 0.1) is 5.82 Å². The molecule has 1 atom stereocenters. The van der Waals surface area contributed by atoms with Gasteiger partial charge in [-0.05, 0) is 28.8 Å². The fourth-order valence-electron chi connectivity index (χ4n) is 3.50. The van der Waals surface area contributed by atoms with E-state index in [0.29, 0.717) is 11.1 Å². The maximum atomic E-state index is 13.5. The average Bonchev–Trinajstić information content (AvgIpc) is 2.84. The van der Waals surface area contributed by atoms with Gasteiger partial charge in [0.1, 0.15) is 11.9 Å². The Labute approximate surface area is 205 Å². The zero-order valence-electron chi connectivity index (χ0n) is 19.6. The highest BCUT2D eigenvalue weighted by Gasteiger charge is 2.32. The fraction of sp³-hybridized carbons (Fsp3) is 0.231. The van der Waals surface area contributed by atoms with Gasteiger partial charge in [-0.1, -0.05) is 72.8 Å². The molecule has 3 aromatic carbocycles. The quantitative estimate of drug-likeness (QED) is 0.466. The van der Waals surface area contributed by atoms with E-state index in [1.807, 2.05) is 30.3 Å². The summed E-state index contributed by atoms with van der Waals surface area (Å²) in [5, 5.41) is 2.89. The largest absolute Gasteiger partial charge is 0.350 e. The van der Waals surface area contributed by atoms with Gasteiger partial charge in [0.2, 0.25) is 21.8 Å². The van der Waals surface area contributed by atoms with Crippen LogP contribution in [-0.2, 0) is 32.7 Å². The molecule has 184 valence electrons. The molecule has 3 rings (SSSR count). The second-order valence-corrected chi connectivity index (χ2v) is 10.3. The molecule has 0 saturated carbocycles. The Balaban J connectivity index is 1.97. The van der Waals surface area contributed by atoms with Crippen molar-refractivity contribution in [1.29, 1.82) is 0 Å². The van der Waals surface area contributed by atoms with Crippen LogP contribution in [0.15, 0.2) is 84.9 Å². The number of sulfonamides is 1. The van der Waals surface area contributed by atoms with Crippen molar-refractivity contribution in [3.63, 3.8) is 0 Å². The first-order valence-electron chi connectivity index (χ1n) is 11.0. The molecule has 7 nitrogen and oxygen atoms in total. The highest BCUT2D eigenvalue weighted by molar-refractivity contribution is 7.88. The Bertz CT molecular complexity index is 1240. The zero-order valence-corrected chi connectivity index (χ0v) is 20.4. The zero-order chi connectivity index (χ0) is 25.4. The third-order valence-corrected chi connectivity index (χ3v) is 6.76. The van der Waals surface area contributed by atoms with E-state index >= 15 is 0 Å². The van der Waals surface area contributed by atoms with Crippen LogP contribution >= 0.6 is 0 Å². The number of nitrogens with zero attached hydrogens (tertiary/aromatic N) is 2. The standard InChI is InChI=1S/C26H28FN3O4S/c1-29(35(2,33)34)19-24(31)30(18-21-13-15-23(27)16-14-21)25(22-11-7-4-8-12-22)26(32)28-17-20-9-5-3-6-10-20/h3-16,25H,17-19H2,1-2H3,(H,28,32)/t25-/m0/s1. The van der Waals surface area contributed by atoms with Gasteiger partial charge in [-0.2, -0.15) is 4.31 Å². The van der Waals surface area contributed by atoms with E-state index in [-0.39, 0.29) is 13.1 Å².